The Morgan fingerprint density at radius 3 is 2.38 bits per heavy atom. The Bertz CT molecular complexity index is 356. The Kier molecular flexibility index (Phi) is 5.00. The number of nitrogens with zero attached hydrogens (tertiary/aromatic N) is 1. The van der Waals surface area contributed by atoms with E-state index < -0.39 is 0 Å². The van der Waals surface area contributed by atoms with Crippen molar-refractivity contribution < 1.29 is 4.79 Å². The van der Waals surface area contributed by atoms with E-state index in [1.165, 1.54) is 0 Å². The molecule has 0 aliphatic rings. The highest BCUT2D eigenvalue weighted by Gasteiger charge is 2.15. The minimum Gasteiger partial charge on any atom is -0.342 e. The van der Waals surface area contributed by atoms with Gasteiger partial charge in [-0.25, -0.2) is 0 Å². The molecule has 16 heavy (non-hydrogen) atoms. The average molecular weight is 284 g/mol. The van der Waals surface area contributed by atoms with Crippen molar-refractivity contribution in [3.8, 4) is 0 Å². The minimum atomic E-state index is 0.122. The molecule has 0 fully saturated rings. The molecule has 3 heteroatoms. The van der Waals surface area contributed by atoms with Crippen LogP contribution in [0.25, 0.3) is 0 Å². The third-order valence-electron chi connectivity index (χ3n) is 2.67. The van der Waals surface area contributed by atoms with E-state index >= 15 is 0 Å². The summed E-state index contributed by atoms with van der Waals surface area (Å²) in [6.07, 6.45) is 0.979. The van der Waals surface area contributed by atoms with E-state index in [1.807, 2.05) is 39.1 Å². The molecule has 0 aliphatic carbocycles. The van der Waals surface area contributed by atoms with Crippen LogP contribution in [-0.2, 0) is 0 Å². The van der Waals surface area contributed by atoms with Gasteiger partial charge in [0, 0.05) is 24.5 Å². The molecule has 0 radical (unpaired) electrons. The van der Waals surface area contributed by atoms with E-state index in [1.54, 1.807) is 4.90 Å². The number of hydrogen-bond donors (Lipinski definition) is 0. The second-order valence-corrected chi connectivity index (χ2v) is 4.83. The van der Waals surface area contributed by atoms with Gasteiger partial charge in [-0.2, -0.15) is 0 Å². The van der Waals surface area contributed by atoms with Crippen molar-refractivity contribution in [3.05, 3.63) is 34.9 Å². The highest BCUT2D eigenvalue weighted by molar-refractivity contribution is 9.09. The number of aryl methyl sites for hydroxylation is 2. The van der Waals surface area contributed by atoms with Crippen molar-refractivity contribution >= 4 is 21.8 Å². The lowest BCUT2D eigenvalue weighted by molar-refractivity contribution is 0.0794. The van der Waals surface area contributed by atoms with Crippen molar-refractivity contribution in [2.24, 2.45) is 0 Å². The van der Waals surface area contributed by atoms with E-state index in [4.69, 9.17) is 0 Å². The van der Waals surface area contributed by atoms with Crippen LogP contribution in [0.1, 0.15) is 27.9 Å². The predicted octanol–water partition coefficient (Wildman–Crippen LogP) is 3.16. The molecule has 88 valence electrons. The SMILES string of the molecule is Cc1cccc(C)c1C(=O)N(C)CCCBr. The quantitative estimate of drug-likeness (QED) is 0.778. The van der Waals surface area contributed by atoms with E-state index in [-0.39, 0.29) is 5.91 Å². The zero-order valence-corrected chi connectivity index (χ0v) is 11.7. The van der Waals surface area contributed by atoms with E-state index in [0.717, 1.165) is 35.0 Å². The first kappa shape index (κ1) is 13.2. The van der Waals surface area contributed by atoms with Gasteiger partial charge in [-0.05, 0) is 31.4 Å². The summed E-state index contributed by atoms with van der Waals surface area (Å²) in [6.45, 7) is 4.76. The fourth-order valence-electron chi connectivity index (χ4n) is 1.74. The fraction of sp³-hybridized carbons (Fsp3) is 0.462. The van der Waals surface area contributed by atoms with Crippen LogP contribution in [0.2, 0.25) is 0 Å². The number of benzene rings is 1. The van der Waals surface area contributed by atoms with Crippen LogP contribution in [0, 0.1) is 13.8 Å². The molecule has 1 aromatic rings. The minimum absolute atomic E-state index is 0.122. The molecule has 0 atom stereocenters. The van der Waals surface area contributed by atoms with Gasteiger partial charge in [0.05, 0.1) is 0 Å². The highest BCUT2D eigenvalue weighted by Crippen LogP contribution is 2.15. The topological polar surface area (TPSA) is 20.3 Å². The molecule has 2 nitrogen and oxygen atoms in total. The first-order chi connectivity index (χ1) is 7.57. The third kappa shape index (κ3) is 3.08. The normalized spacial score (nSPS) is 10.2. The van der Waals surface area contributed by atoms with Crippen molar-refractivity contribution in [1.29, 1.82) is 0 Å². The average Bonchev–Trinajstić information content (AvgIpc) is 2.25. The monoisotopic (exact) mass is 283 g/mol. The Hall–Kier alpha value is -0.830. The summed E-state index contributed by atoms with van der Waals surface area (Å²) in [7, 11) is 1.86. The van der Waals surface area contributed by atoms with Gasteiger partial charge in [-0.1, -0.05) is 34.1 Å². The van der Waals surface area contributed by atoms with Crippen LogP contribution < -0.4 is 0 Å². The molecular formula is C13H18BrNO. The maximum Gasteiger partial charge on any atom is 0.254 e. The van der Waals surface area contributed by atoms with Gasteiger partial charge in [-0.3, -0.25) is 4.79 Å². The molecule has 0 saturated heterocycles. The number of hydrogen-bond acceptors (Lipinski definition) is 1. The van der Waals surface area contributed by atoms with Crippen LogP contribution in [0.5, 0.6) is 0 Å². The number of rotatable bonds is 4. The van der Waals surface area contributed by atoms with Crippen molar-refractivity contribution in [3.63, 3.8) is 0 Å². The molecule has 0 aromatic heterocycles. The Morgan fingerprint density at radius 2 is 1.88 bits per heavy atom. The lowest BCUT2D eigenvalue weighted by Crippen LogP contribution is -2.29. The maximum absolute atomic E-state index is 12.2. The zero-order chi connectivity index (χ0) is 12.1. The summed E-state index contributed by atoms with van der Waals surface area (Å²) < 4.78 is 0. The van der Waals surface area contributed by atoms with Gasteiger partial charge in [0.15, 0.2) is 0 Å². The molecule has 0 heterocycles. The summed E-state index contributed by atoms with van der Waals surface area (Å²) in [4.78, 5) is 14.0. The smallest absolute Gasteiger partial charge is 0.254 e. The highest BCUT2D eigenvalue weighted by atomic mass is 79.9. The van der Waals surface area contributed by atoms with E-state index in [2.05, 4.69) is 15.9 Å². The zero-order valence-electron chi connectivity index (χ0n) is 10.1. The summed E-state index contributed by atoms with van der Waals surface area (Å²) in [5, 5.41) is 0.928. The largest absolute Gasteiger partial charge is 0.342 e. The van der Waals surface area contributed by atoms with Crippen molar-refractivity contribution in [2.75, 3.05) is 18.9 Å². The molecule has 0 N–H and O–H groups in total. The molecule has 0 saturated carbocycles. The summed E-state index contributed by atoms with van der Waals surface area (Å²) in [6, 6.07) is 5.96. The Balaban J connectivity index is 2.87. The van der Waals surface area contributed by atoms with Gasteiger partial charge in [0.25, 0.3) is 5.91 Å². The molecular weight excluding hydrogens is 266 g/mol. The van der Waals surface area contributed by atoms with Gasteiger partial charge < -0.3 is 4.90 Å². The molecule has 1 rings (SSSR count). The van der Waals surface area contributed by atoms with Crippen LogP contribution in [0.3, 0.4) is 0 Å². The number of carbonyl (C=O) groups excluding carboxylic acids is 1. The van der Waals surface area contributed by atoms with Gasteiger partial charge in [0.2, 0.25) is 0 Å². The molecule has 0 aliphatic heterocycles. The first-order valence-electron chi connectivity index (χ1n) is 5.45. The van der Waals surface area contributed by atoms with Gasteiger partial charge in [-0.15, -0.1) is 0 Å². The van der Waals surface area contributed by atoms with Gasteiger partial charge >= 0.3 is 0 Å². The summed E-state index contributed by atoms with van der Waals surface area (Å²) in [5.74, 6) is 0.122. The number of amides is 1. The molecule has 1 aromatic carbocycles. The number of carbonyl (C=O) groups is 1. The molecule has 1 amide bonds. The molecule has 0 unspecified atom stereocenters. The molecule has 0 spiro atoms. The first-order valence-corrected chi connectivity index (χ1v) is 6.57. The second kappa shape index (κ2) is 6.04. The van der Waals surface area contributed by atoms with Crippen LogP contribution in [0.4, 0.5) is 0 Å². The van der Waals surface area contributed by atoms with E-state index in [0.29, 0.717) is 0 Å². The summed E-state index contributed by atoms with van der Waals surface area (Å²) >= 11 is 3.37. The lowest BCUT2D eigenvalue weighted by atomic mass is 10.0. The van der Waals surface area contributed by atoms with Crippen LogP contribution >= 0.6 is 15.9 Å². The lowest BCUT2D eigenvalue weighted by Gasteiger charge is -2.19. The second-order valence-electron chi connectivity index (χ2n) is 4.04. The van der Waals surface area contributed by atoms with Crippen LogP contribution in [-0.4, -0.2) is 29.7 Å². The Labute approximate surface area is 106 Å². The Morgan fingerprint density at radius 1 is 1.31 bits per heavy atom. The van der Waals surface area contributed by atoms with E-state index in [9.17, 15) is 4.79 Å². The van der Waals surface area contributed by atoms with Gasteiger partial charge in [0.1, 0.15) is 0 Å². The maximum atomic E-state index is 12.2. The predicted molar refractivity (Wildman–Crippen MR) is 71.3 cm³/mol. The third-order valence-corrected chi connectivity index (χ3v) is 3.23. The summed E-state index contributed by atoms with van der Waals surface area (Å²) in [5.41, 5.74) is 2.95. The number of halogens is 1. The van der Waals surface area contributed by atoms with Crippen molar-refractivity contribution in [2.45, 2.75) is 20.3 Å². The number of alkyl halides is 1. The van der Waals surface area contributed by atoms with Crippen molar-refractivity contribution in [1.82, 2.24) is 4.90 Å². The molecule has 0 bridgehead atoms. The standard InChI is InChI=1S/C13H18BrNO/c1-10-6-4-7-11(2)12(10)13(16)15(3)9-5-8-14/h4,6-7H,5,8-9H2,1-3H3. The fourth-order valence-corrected chi connectivity index (χ4v) is 1.99. The van der Waals surface area contributed by atoms with Crippen LogP contribution in [0.15, 0.2) is 18.2 Å².